The molecule has 0 aromatic carbocycles. The van der Waals surface area contributed by atoms with Crippen molar-refractivity contribution in [3.8, 4) is 0 Å². The van der Waals surface area contributed by atoms with Crippen molar-refractivity contribution in [2.24, 2.45) is 0 Å². The first kappa shape index (κ1) is 7.00. The predicted octanol–water partition coefficient (Wildman–Crippen LogP) is 1.91. The van der Waals surface area contributed by atoms with Gasteiger partial charge in [0.05, 0.1) is 6.10 Å². The van der Waals surface area contributed by atoms with Crippen LogP contribution in [0.25, 0.3) is 0 Å². The summed E-state index contributed by atoms with van der Waals surface area (Å²) in [4.78, 5) is 0. The van der Waals surface area contributed by atoms with Crippen LogP contribution in [0.5, 0.6) is 0 Å². The summed E-state index contributed by atoms with van der Waals surface area (Å²) in [5, 5.41) is 0. The van der Waals surface area contributed by atoms with Crippen LogP contribution in [-0.4, -0.2) is 18.4 Å². The van der Waals surface area contributed by atoms with Gasteiger partial charge >= 0.3 is 0 Å². The Bertz CT molecular complexity index is 99.1. The second kappa shape index (κ2) is 2.25. The Morgan fingerprint density at radius 2 is 2.22 bits per heavy atom. The summed E-state index contributed by atoms with van der Waals surface area (Å²) >= 11 is 0. The normalized spacial score (nSPS) is 25.7. The molecule has 0 aromatic heterocycles. The number of alkyl halides is 1. The molecule has 0 aromatic rings. The second-order valence-corrected chi connectivity index (χ2v) is 2.63. The molecule has 1 fully saturated rings. The molecule has 1 aliphatic rings. The zero-order valence-electron chi connectivity index (χ0n) is 5.98. The molecule has 0 aliphatic heterocycles. The summed E-state index contributed by atoms with van der Waals surface area (Å²) in [6.07, 6.45) is 1.19. The zero-order chi connectivity index (χ0) is 6.91. The van der Waals surface area contributed by atoms with Gasteiger partial charge in [-0.1, -0.05) is 0 Å². The van der Waals surface area contributed by atoms with Crippen LogP contribution in [0.4, 0.5) is 4.39 Å². The molecule has 9 heavy (non-hydrogen) atoms. The molecule has 54 valence electrons. The van der Waals surface area contributed by atoms with Crippen molar-refractivity contribution in [1.29, 1.82) is 0 Å². The second-order valence-electron chi connectivity index (χ2n) is 2.63. The quantitative estimate of drug-likeness (QED) is 0.570. The van der Waals surface area contributed by atoms with E-state index in [9.17, 15) is 4.39 Å². The van der Waals surface area contributed by atoms with Crippen LogP contribution in [0.2, 0.25) is 0 Å². The van der Waals surface area contributed by atoms with Crippen molar-refractivity contribution >= 4 is 0 Å². The molecule has 1 saturated carbocycles. The van der Waals surface area contributed by atoms with Crippen molar-refractivity contribution < 1.29 is 9.13 Å². The molecule has 0 saturated heterocycles. The topological polar surface area (TPSA) is 9.23 Å². The van der Waals surface area contributed by atoms with Gasteiger partial charge in [0.2, 0.25) is 0 Å². The van der Waals surface area contributed by atoms with E-state index in [2.05, 4.69) is 0 Å². The number of halogens is 1. The number of ether oxygens (including phenoxy) is 1. The molecule has 0 bridgehead atoms. The van der Waals surface area contributed by atoms with Gasteiger partial charge < -0.3 is 4.74 Å². The Morgan fingerprint density at radius 1 is 1.67 bits per heavy atom. The third-order valence-corrected chi connectivity index (χ3v) is 1.87. The maximum absolute atomic E-state index is 13.0. The fourth-order valence-corrected chi connectivity index (χ4v) is 0.925. The third-order valence-electron chi connectivity index (χ3n) is 1.87. The van der Waals surface area contributed by atoms with E-state index in [1.165, 1.54) is 0 Å². The summed E-state index contributed by atoms with van der Waals surface area (Å²) in [6, 6.07) is 0. The minimum Gasteiger partial charge on any atom is -0.375 e. The molecular weight excluding hydrogens is 119 g/mol. The smallest absolute Gasteiger partial charge is 0.137 e. The Morgan fingerprint density at radius 3 is 2.56 bits per heavy atom. The molecule has 1 atom stereocenters. The first-order chi connectivity index (χ1) is 4.19. The number of hydrogen-bond donors (Lipinski definition) is 0. The first-order valence-corrected chi connectivity index (χ1v) is 3.49. The number of hydrogen-bond acceptors (Lipinski definition) is 1. The van der Waals surface area contributed by atoms with Crippen molar-refractivity contribution in [2.45, 2.75) is 38.5 Å². The van der Waals surface area contributed by atoms with Crippen LogP contribution in [0, 0.1) is 0 Å². The summed E-state index contributed by atoms with van der Waals surface area (Å²) in [7, 11) is 0. The van der Waals surface area contributed by atoms with E-state index in [-0.39, 0.29) is 6.10 Å². The SMILES string of the molecule is CCO[C@H](C)C1(F)CC1. The van der Waals surface area contributed by atoms with Gasteiger partial charge in [0.25, 0.3) is 0 Å². The molecule has 1 rings (SSSR count). The minimum atomic E-state index is -0.962. The summed E-state index contributed by atoms with van der Waals surface area (Å²) in [5.41, 5.74) is -0.962. The van der Waals surface area contributed by atoms with Gasteiger partial charge in [0.15, 0.2) is 0 Å². The molecule has 1 aliphatic carbocycles. The fourth-order valence-electron chi connectivity index (χ4n) is 0.925. The number of rotatable bonds is 3. The van der Waals surface area contributed by atoms with E-state index in [1.807, 2.05) is 6.92 Å². The van der Waals surface area contributed by atoms with E-state index in [1.54, 1.807) is 6.92 Å². The molecule has 0 N–H and O–H groups in total. The average Bonchev–Trinajstić information content (AvgIpc) is 2.50. The van der Waals surface area contributed by atoms with Crippen LogP contribution < -0.4 is 0 Å². The highest BCUT2D eigenvalue weighted by Crippen LogP contribution is 2.43. The van der Waals surface area contributed by atoms with Crippen molar-refractivity contribution in [3.63, 3.8) is 0 Å². The lowest BCUT2D eigenvalue weighted by Crippen LogP contribution is -2.23. The van der Waals surface area contributed by atoms with Gasteiger partial charge in [-0.05, 0) is 26.7 Å². The van der Waals surface area contributed by atoms with Crippen LogP contribution in [-0.2, 0) is 4.74 Å². The largest absolute Gasteiger partial charge is 0.375 e. The summed E-state index contributed by atoms with van der Waals surface area (Å²) < 4.78 is 18.0. The van der Waals surface area contributed by atoms with Gasteiger partial charge in [-0.15, -0.1) is 0 Å². The Balaban J connectivity index is 2.24. The molecule has 0 unspecified atom stereocenters. The van der Waals surface area contributed by atoms with Crippen LogP contribution >= 0.6 is 0 Å². The van der Waals surface area contributed by atoms with E-state index in [0.717, 1.165) is 0 Å². The molecule has 0 heterocycles. The fraction of sp³-hybridized carbons (Fsp3) is 1.00. The first-order valence-electron chi connectivity index (χ1n) is 3.49. The maximum Gasteiger partial charge on any atom is 0.137 e. The molecule has 0 spiro atoms. The van der Waals surface area contributed by atoms with Crippen LogP contribution in [0.3, 0.4) is 0 Å². The minimum absolute atomic E-state index is 0.192. The van der Waals surface area contributed by atoms with Crippen LogP contribution in [0.1, 0.15) is 26.7 Å². The summed E-state index contributed by atoms with van der Waals surface area (Å²) in [6.45, 7) is 4.31. The maximum atomic E-state index is 13.0. The highest BCUT2D eigenvalue weighted by molar-refractivity contribution is 4.99. The van der Waals surface area contributed by atoms with Crippen molar-refractivity contribution in [1.82, 2.24) is 0 Å². The van der Waals surface area contributed by atoms with Crippen molar-refractivity contribution in [2.75, 3.05) is 6.61 Å². The highest BCUT2D eigenvalue weighted by atomic mass is 19.1. The Kier molecular flexibility index (Phi) is 1.75. The molecule has 2 heteroatoms. The Hall–Kier alpha value is -0.110. The van der Waals surface area contributed by atoms with E-state index >= 15 is 0 Å². The molecular formula is C7H13FO. The van der Waals surface area contributed by atoms with E-state index < -0.39 is 5.67 Å². The van der Waals surface area contributed by atoms with Crippen molar-refractivity contribution in [3.05, 3.63) is 0 Å². The molecule has 0 amide bonds. The molecule has 0 radical (unpaired) electrons. The third kappa shape index (κ3) is 1.42. The van der Waals surface area contributed by atoms with Gasteiger partial charge in [0, 0.05) is 6.61 Å². The van der Waals surface area contributed by atoms with Crippen LogP contribution in [0.15, 0.2) is 0 Å². The van der Waals surface area contributed by atoms with Gasteiger partial charge in [0.1, 0.15) is 5.67 Å². The standard InChI is InChI=1S/C7H13FO/c1-3-9-6(2)7(8)4-5-7/h6H,3-5H2,1-2H3/t6-/m1/s1. The monoisotopic (exact) mass is 132 g/mol. The lowest BCUT2D eigenvalue weighted by atomic mass is 10.2. The van der Waals surface area contributed by atoms with Gasteiger partial charge in [-0.25, -0.2) is 4.39 Å². The average molecular weight is 132 g/mol. The van der Waals surface area contributed by atoms with E-state index in [0.29, 0.717) is 19.4 Å². The zero-order valence-corrected chi connectivity index (χ0v) is 5.98. The highest BCUT2D eigenvalue weighted by Gasteiger charge is 2.48. The Labute approximate surface area is 55.2 Å². The lowest BCUT2D eigenvalue weighted by Gasteiger charge is -2.14. The summed E-state index contributed by atoms with van der Waals surface area (Å²) in [5.74, 6) is 0. The predicted molar refractivity (Wildman–Crippen MR) is 34.2 cm³/mol. The van der Waals surface area contributed by atoms with Gasteiger partial charge in [-0.2, -0.15) is 0 Å². The van der Waals surface area contributed by atoms with Gasteiger partial charge in [-0.3, -0.25) is 0 Å². The molecule has 1 nitrogen and oxygen atoms in total. The lowest BCUT2D eigenvalue weighted by molar-refractivity contribution is 0.00492. The van der Waals surface area contributed by atoms with E-state index in [4.69, 9.17) is 4.74 Å².